The van der Waals surface area contributed by atoms with Gasteiger partial charge < -0.3 is 9.30 Å². The minimum Gasteiger partial charge on any atom is -0.489 e. The molecule has 0 amide bonds. The minimum atomic E-state index is -0.316. The summed E-state index contributed by atoms with van der Waals surface area (Å²) < 4.78 is 20.8. The highest BCUT2D eigenvalue weighted by molar-refractivity contribution is 5.23. The van der Waals surface area contributed by atoms with Gasteiger partial charge in [0.05, 0.1) is 0 Å². The van der Waals surface area contributed by atoms with Crippen molar-refractivity contribution < 1.29 is 9.13 Å². The van der Waals surface area contributed by atoms with Gasteiger partial charge in [-0.05, 0) is 18.2 Å². The fourth-order valence-electron chi connectivity index (χ4n) is 2.98. The third-order valence-electron chi connectivity index (χ3n) is 4.52. The van der Waals surface area contributed by atoms with Gasteiger partial charge in [-0.15, -0.1) is 0 Å². The molecule has 25 heavy (non-hydrogen) atoms. The van der Waals surface area contributed by atoms with Crippen LogP contribution >= 0.6 is 0 Å². The largest absolute Gasteiger partial charge is 0.489 e. The minimum absolute atomic E-state index is 0.0476. The number of halogens is 1. The van der Waals surface area contributed by atoms with Crippen molar-refractivity contribution in [3.05, 3.63) is 64.8 Å². The topological polar surface area (TPSA) is 37.7 Å². The summed E-state index contributed by atoms with van der Waals surface area (Å²) in [4.78, 5) is 16.4. The van der Waals surface area contributed by atoms with E-state index in [2.05, 4.69) is 9.80 Å². The normalized spacial score (nSPS) is 16.0. The standard InChI is InChI=1S/C19H24FN3O2/c20-17-5-1-2-6-18(17)25-16-15-22-11-9-21(10-12-22)13-14-23-8-4-3-7-19(23)24/h1-8H,9-16H2. The van der Waals surface area contributed by atoms with Gasteiger partial charge >= 0.3 is 0 Å². The Morgan fingerprint density at radius 1 is 0.880 bits per heavy atom. The zero-order valence-electron chi connectivity index (χ0n) is 14.3. The number of pyridine rings is 1. The number of hydrogen-bond acceptors (Lipinski definition) is 4. The highest BCUT2D eigenvalue weighted by atomic mass is 19.1. The fraction of sp³-hybridized carbons (Fsp3) is 0.421. The van der Waals surface area contributed by atoms with Gasteiger partial charge in [-0.3, -0.25) is 14.6 Å². The Balaban J connectivity index is 1.35. The first-order chi connectivity index (χ1) is 12.2. The van der Waals surface area contributed by atoms with E-state index in [4.69, 9.17) is 4.74 Å². The van der Waals surface area contributed by atoms with E-state index in [-0.39, 0.29) is 11.4 Å². The van der Waals surface area contributed by atoms with Crippen molar-refractivity contribution >= 4 is 0 Å². The molecule has 0 saturated carbocycles. The van der Waals surface area contributed by atoms with E-state index >= 15 is 0 Å². The summed E-state index contributed by atoms with van der Waals surface area (Å²) in [5.74, 6) is -0.00193. The smallest absolute Gasteiger partial charge is 0.250 e. The highest BCUT2D eigenvalue weighted by Crippen LogP contribution is 2.15. The molecule has 1 fully saturated rings. The lowest BCUT2D eigenvalue weighted by molar-refractivity contribution is 0.113. The lowest BCUT2D eigenvalue weighted by Gasteiger charge is -2.34. The Morgan fingerprint density at radius 3 is 2.28 bits per heavy atom. The number of rotatable bonds is 7. The summed E-state index contributed by atoms with van der Waals surface area (Å²) in [7, 11) is 0. The molecule has 1 aliphatic rings. The average molecular weight is 345 g/mol. The molecule has 0 aliphatic carbocycles. The Kier molecular flexibility index (Phi) is 6.19. The molecule has 0 unspecified atom stereocenters. The van der Waals surface area contributed by atoms with Crippen LogP contribution in [0.25, 0.3) is 0 Å². The third kappa shape index (κ3) is 5.14. The van der Waals surface area contributed by atoms with Crippen molar-refractivity contribution in [3.8, 4) is 5.75 Å². The number of para-hydroxylation sites is 1. The molecule has 134 valence electrons. The molecular weight excluding hydrogens is 321 g/mol. The van der Waals surface area contributed by atoms with Crippen LogP contribution in [0.15, 0.2) is 53.5 Å². The molecule has 3 rings (SSSR count). The maximum atomic E-state index is 13.5. The maximum Gasteiger partial charge on any atom is 0.250 e. The molecule has 2 aromatic rings. The van der Waals surface area contributed by atoms with Gasteiger partial charge in [0, 0.05) is 58.1 Å². The molecule has 6 heteroatoms. The van der Waals surface area contributed by atoms with E-state index < -0.39 is 0 Å². The van der Waals surface area contributed by atoms with Crippen molar-refractivity contribution in [1.82, 2.24) is 14.4 Å². The molecule has 0 N–H and O–H groups in total. The molecule has 0 radical (unpaired) electrons. The quantitative estimate of drug-likeness (QED) is 0.765. The van der Waals surface area contributed by atoms with Crippen molar-refractivity contribution in [2.75, 3.05) is 45.9 Å². The highest BCUT2D eigenvalue weighted by Gasteiger charge is 2.16. The summed E-state index contributed by atoms with van der Waals surface area (Å²) >= 11 is 0. The zero-order valence-corrected chi connectivity index (χ0v) is 14.3. The maximum absolute atomic E-state index is 13.5. The predicted molar refractivity (Wildman–Crippen MR) is 95.5 cm³/mol. The fourth-order valence-corrected chi connectivity index (χ4v) is 2.98. The molecule has 5 nitrogen and oxygen atoms in total. The van der Waals surface area contributed by atoms with Gasteiger partial charge in [0.1, 0.15) is 6.61 Å². The molecule has 0 bridgehead atoms. The van der Waals surface area contributed by atoms with Crippen LogP contribution in [-0.2, 0) is 6.54 Å². The van der Waals surface area contributed by atoms with Crippen LogP contribution < -0.4 is 10.3 Å². The second kappa shape index (κ2) is 8.78. The zero-order chi connectivity index (χ0) is 17.5. The SMILES string of the molecule is O=c1ccccn1CCN1CCN(CCOc2ccccc2F)CC1. The first-order valence-corrected chi connectivity index (χ1v) is 8.70. The Bertz CT molecular complexity index is 726. The van der Waals surface area contributed by atoms with E-state index in [1.54, 1.807) is 34.9 Å². The van der Waals surface area contributed by atoms with E-state index in [0.717, 1.165) is 45.8 Å². The van der Waals surface area contributed by atoms with Gasteiger partial charge in [-0.2, -0.15) is 0 Å². The van der Waals surface area contributed by atoms with Crippen LogP contribution in [0.4, 0.5) is 4.39 Å². The molecule has 0 spiro atoms. The lowest BCUT2D eigenvalue weighted by Crippen LogP contribution is -2.48. The van der Waals surface area contributed by atoms with Crippen LogP contribution in [0.1, 0.15) is 0 Å². The first-order valence-electron chi connectivity index (χ1n) is 8.70. The Hall–Kier alpha value is -2.18. The summed E-state index contributed by atoms with van der Waals surface area (Å²) in [5, 5.41) is 0. The van der Waals surface area contributed by atoms with Crippen LogP contribution in [-0.4, -0.2) is 60.2 Å². The average Bonchev–Trinajstić information content (AvgIpc) is 2.64. The van der Waals surface area contributed by atoms with Crippen molar-refractivity contribution in [2.45, 2.75) is 6.54 Å². The second-order valence-electron chi connectivity index (χ2n) is 6.19. The molecule has 1 aromatic carbocycles. The molecule has 0 atom stereocenters. The van der Waals surface area contributed by atoms with E-state index in [0.29, 0.717) is 12.4 Å². The van der Waals surface area contributed by atoms with Crippen molar-refractivity contribution in [2.24, 2.45) is 0 Å². The van der Waals surface area contributed by atoms with Crippen molar-refractivity contribution in [3.63, 3.8) is 0 Å². The Labute approximate surface area is 147 Å². The van der Waals surface area contributed by atoms with E-state index in [1.165, 1.54) is 6.07 Å². The summed E-state index contributed by atoms with van der Waals surface area (Å²) in [6.45, 7) is 6.75. The number of benzene rings is 1. The van der Waals surface area contributed by atoms with E-state index in [1.807, 2.05) is 12.3 Å². The second-order valence-corrected chi connectivity index (χ2v) is 6.19. The van der Waals surface area contributed by atoms with Gasteiger partial charge in [0.2, 0.25) is 0 Å². The van der Waals surface area contributed by atoms with E-state index in [9.17, 15) is 9.18 Å². The molecule has 2 heterocycles. The van der Waals surface area contributed by atoms with Crippen LogP contribution in [0, 0.1) is 5.82 Å². The summed E-state index contributed by atoms with van der Waals surface area (Å²) in [6.07, 6.45) is 1.83. The summed E-state index contributed by atoms with van der Waals surface area (Å²) in [6, 6.07) is 11.7. The Morgan fingerprint density at radius 2 is 1.56 bits per heavy atom. The monoisotopic (exact) mass is 345 g/mol. The molecule has 1 saturated heterocycles. The van der Waals surface area contributed by atoms with Crippen LogP contribution in [0.3, 0.4) is 0 Å². The van der Waals surface area contributed by atoms with Gasteiger partial charge in [0.25, 0.3) is 5.56 Å². The number of ether oxygens (including phenoxy) is 1. The number of nitrogens with zero attached hydrogens (tertiary/aromatic N) is 3. The van der Waals surface area contributed by atoms with Crippen molar-refractivity contribution in [1.29, 1.82) is 0 Å². The third-order valence-corrected chi connectivity index (χ3v) is 4.52. The van der Waals surface area contributed by atoms with Gasteiger partial charge in [-0.1, -0.05) is 18.2 Å². The van der Waals surface area contributed by atoms with Crippen LogP contribution in [0.2, 0.25) is 0 Å². The number of hydrogen-bond donors (Lipinski definition) is 0. The lowest BCUT2D eigenvalue weighted by atomic mass is 10.3. The first kappa shape index (κ1) is 17.6. The summed E-state index contributed by atoms with van der Waals surface area (Å²) in [5.41, 5.74) is 0.0476. The van der Waals surface area contributed by atoms with Gasteiger partial charge in [0.15, 0.2) is 11.6 Å². The van der Waals surface area contributed by atoms with Crippen LogP contribution in [0.5, 0.6) is 5.75 Å². The number of piperazine rings is 1. The number of aromatic nitrogens is 1. The molecular formula is C19H24FN3O2. The van der Waals surface area contributed by atoms with Gasteiger partial charge in [-0.25, -0.2) is 4.39 Å². The molecule has 1 aromatic heterocycles. The predicted octanol–water partition coefficient (Wildman–Crippen LogP) is 1.68. The molecule has 1 aliphatic heterocycles.